The van der Waals surface area contributed by atoms with Gasteiger partial charge in [-0.25, -0.2) is 9.37 Å². The van der Waals surface area contributed by atoms with Gasteiger partial charge in [-0.15, -0.1) is 0 Å². The molecule has 1 heterocycles. The quantitative estimate of drug-likeness (QED) is 0.793. The molecule has 0 aliphatic rings. The number of nitrogens with zero attached hydrogens (tertiary/aromatic N) is 1. The summed E-state index contributed by atoms with van der Waals surface area (Å²) in [5.74, 6) is -0.0767. The lowest BCUT2D eigenvalue weighted by molar-refractivity contribution is 0.633. The normalized spacial score (nSPS) is 12.9. The maximum absolute atomic E-state index is 13.4. The molecule has 4 nitrogen and oxygen atoms in total. The van der Waals surface area contributed by atoms with Crippen LogP contribution in [0.1, 0.15) is 12.7 Å². The van der Waals surface area contributed by atoms with Crippen LogP contribution in [0.2, 0.25) is 0 Å². The first-order valence-corrected chi connectivity index (χ1v) is 5.01. The Kier molecular flexibility index (Phi) is 2.70. The number of aromatic amines is 1. The first kappa shape index (κ1) is 10.8. The van der Waals surface area contributed by atoms with Crippen molar-refractivity contribution < 1.29 is 4.39 Å². The van der Waals surface area contributed by atoms with Crippen LogP contribution in [0.25, 0.3) is 10.9 Å². The molecule has 1 aromatic carbocycles. The second kappa shape index (κ2) is 4.02. The van der Waals surface area contributed by atoms with E-state index in [9.17, 15) is 9.18 Å². The lowest BCUT2D eigenvalue weighted by atomic mass is 10.2. The molecule has 0 aliphatic carbocycles. The van der Waals surface area contributed by atoms with E-state index < -0.39 is 5.82 Å². The summed E-state index contributed by atoms with van der Waals surface area (Å²) in [5.41, 5.74) is 5.37. The number of halogens is 1. The Morgan fingerprint density at radius 1 is 1.56 bits per heavy atom. The predicted molar refractivity (Wildman–Crippen MR) is 59.7 cm³/mol. The topological polar surface area (TPSA) is 71.8 Å². The van der Waals surface area contributed by atoms with Crippen LogP contribution in [-0.4, -0.2) is 16.0 Å². The Hall–Kier alpha value is -1.75. The van der Waals surface area contributed by atoms with Gasteiger partial charge in [-0.1, -0.05) is 6.07 Å². The van der Waals surface area contributed by atoms with Crippen molar-refractivity contribution >= 4 is 10.9 Å². The zero-order valence-electron chi connectivity index (χ0n) is 8.83. The lowest BCUT2D eigenvalue weighted by Crippen LogP contribution is -2.22. The highest BCUT2D eigenvalue weighted by molar-refractivity contribution is 5.77. The van der Waals surface area contributed by atoms with Crippen LogP contribution in [0.4, 0.5) is 4.39 Å². The fraction of sp³-hybridized carbons (Fsp3) is 0.273. The molecule has 1 atom stereocenters. The third-order valence-corrected chi connectivity index (χ3v) is 2.25. The van der Waals surface area contributed by atoms with Crippen LogP contribution in [-0.2, 0) is 6.42 Å². The number of nitrogens with one attached hydrogen (secondary N) is 1. The number of aromatic nitrogens is 2. The molecule has 0 aliphatic heterocycles. The van der Waals surface area contributed by atoms with Crippen molar-refractivity contribution in [3.05, 3.63) is 40.2 Å². The van der Waals surface area contributed by atoms with Gasteiger partial charge in [-0.05, 0) is 19.1 Å². The first-order valence-electron chi connectivity index (χ1n) is 5.01. The molecule has 2 rings (SSSR count). The third-order valence-electron chi connectivity index (χ3n) is 2.25. The highest BCUT2D eigenvalue weighted by Gasteiger charge is 2.08. The molecule has 3 N–H and O–H groups in total. The Morgan fingerprint density at radius 3 is 3.00 bits per heavy atom. The van der Waals surface area contributed by atoms with E-state index >= 15 is 0 Å². The Labute approximate surface area is 91.3 Å². The molecule has 2 aromatic rings. The summed E-state index contributed by atoms with van der Waals surface area (Å²) in [6.45, 7) is 1.80. The number of nitrogens with two attached hydrogens (primary N) is 1. The van der Waals surface area contributed by atoms with Gasteiger partial charge in [0.2, 0.25) is 0 Å². The maximum atomic E-state index is 13.4. The molecule has 0 fully saturated rings. The van der Waals surface area contributed by atoms with Gasteiger partial charge in [0.15, 0.2) is 0 Å². The van der Waals surface area contributed by atoms with Crippen LogP contribution in [0, 0.1) is 5.82 Å². The number of para-hydroxylation sites is 1. The van der Waals surface area contributed by atoms with E-state index in [2.05, 4.69) is 9.97 Å². The van der Waals surface area contributed by atoms with Gasteiger partial charge in [-0.3, -0.25) is 4.79 Å². The monoisotopic (exact) mass is 221 g/mol. The second-order valence-corrected chi connectivity index (χ2v) is 3.83. The van der Waals surface area contributed by atoms with Gasteiger partial charge in [0.25, 0.3) is 5.56 Å². The highest BCUT2D eigenvalue weighted by Crippen LogP contribution is 2.11. The zero-order valence-corrected chi connectivity index (χ0v) is 8.83. The van der Waals surface area contributed by atoms with Gasteiger partial charge < -0.3 is 10.7 Å². The van der Waals surface area contributed by atoms with Gasteiger partial charge in [0.05, 0.1) is 5.39 Å². The molecule has 0 spiro atoms. The Morgan fingerprint density at radius 2 is 2.31 bits per heavy atom. The third kappa shape index (κ3) is 1.94. The molecule has 0 bridgehead atoms. The second-order valence-electron chi connectivity index (χ2n) is 3.83. The Balaban J connectivity index is 2.66. The van der Waals surface area contributed by atoms with Gasteiger partial charge >= 0.3 is 0 Å². The molecule has 0 radical (unpaired) electrons. The van der Waals surface area contributed by atoms with Gasteiger partial charge in [0.1, 0.15) is 17.2 Å². The van der Waals surface area contributed by atoms with Crippen LogP contribution >= 0.6 is 0 Å². The zero-order chi connectivity index (χ0) is 11.7. The Bertz CT molecular complexity index is 577. The number of hydrogen-bond donors (Lipinski definition) is 2. The summed E-state index contributed by atoms with van der Waals surface area (Å²) >= 11 is 0. The summed E-state index contributed by atoms with van der Waals surface area (Å²) in [6, 6.07) is 4.18. The number of hydrogen-bond acceptors (Lipinski definition) is 3. The molecular formula is C11H12FN3O. The predicted octanol–water partition coefficient (Wildman–Crippen LogP) is 0.952. The molecule has 1 aromatic heterocycles. The van der Waals surface area contributed by atoms with E-state index in [-0.39, 0.29) is 22.5 Å². The van der Waals surface area contributed by atoms with E-state index in [1.807, 2.05) is 0 Å². The van der Waals surface area contributed by atoms with Crippen LogP contribution < -0.4 is 11.3 Å². The van der Waals surface area contributed by atoms with Crippen LogP contribution in [0.15, 0.2) is 23.0 Å². The largest absolute Gasteiger partial charge is 0.328 e. The van der Waals surface area contributed by atoms with Crippen LogP contribution in [0.3, 0.4) is 0 Å². The fourth-order valence-electron chi connectivity index (χ4n) is 1.58. The minimum absolute atomic E-state index is 0.0990. The van der Waals surface area contributed by atoms with Crippen molar-refractivity contribution in [2.24, 2.45) is 5.73 Å². The minimum Gasteiger partial charge on any atom is -0.328 e. The standard InChI is InChI=1S/C11H12FN3O/c1-6(13)5-9-14-10-7(11(16)15-9)3-2-4-8(10)12/h2-4,6H,5,13H2,1H3,(H,14,15,16). The smallest absolute Gasteiger partial charge is 0.258 e. The summed E-state index contributed by atoms with van der Waals surface area (Å²) < 4.78 is 13.4. The van der Waals surface area contributed by atoms with Crippen molar-refractivity contribution in [2.75, 3.05) is 0 Å². The molecule has 16 heavy (non-hydrogen) atoms. The number of H-pyrrole nitrogens is 1. The first-order chi connectivity index (χ1) is 7.58. The van der Waals surface area contributed by atoms with Gasteiger partial charge in [0, 0.05) is 12.5 Å². The van der Waals surface area contributed by atoms with E-state index in [1.165, 1.54) is 12.1 Å². The average Bonchev–Trinajstić information content (AvgIpc) is 2.19. The number of rotatable bonds is 2. The summed E-state index contributed by atoms with van der Waals surface area (Å²) in [6.07, 6.45) is 0.416. The molecule has 1 unspecified atom stereocenters. The van der Waals surface area contributed by atoms with Crippen molar-refractivity contribution in [3.8, 4) is 0 Å². The summed E-state index contributed by atoms with van der Waals surface area (Å²) in [7, 11) is 0. The fourth-order valence-corrected chi connectivity index (χ4v) is 1.58. The maximum Gasteiger partial charge on any atom is 0.258 e. The van der Waals surface area contributed by atoms with Gasteiger partial charge in [-0.2, -0.15) is 0 Å². The molecule has 0 amide bonds. The summed E-state index contributed by atoms with van der Waals surface area (Å²) in [4.78, 5) is 18.3. The SMILES string of the molecule is CC(N)Cc1nc2c(F)cccc2c(=O)[nH]1. The number of fused-ring (bicyclic) bond motifs is 1. The minimum atomic E-state index is -0.491. The average molecular weight is 221 g/mol. The number of benzene rings is 1. The van der Waals surface area contributed by atoms with Crippen LogP contribution in [0.5, 0.6) is 0 Å². The van der Waals surface area contributed by atoms with Crippen molar-refractivity contribution in [1.29, 1.82) is 0 Å². The van der Waals surface area contributed by atoms with Crippen molar-refractivity contribution in [1.82, 2.24) is 9.97 Å². The molecule has 84 valence electrons. The molecule has 0 saturated carbocycles. The summed E-state index contributed by atoms with van der Waals surface area (Å²) in [5, 5.41) is 0.258. The molecule has 0 saturated heterocycles. The molecule has 5 heteroatoms. The lowest BCUT2D eigenvalue weighted by Gasteiger charge is -2.05. The van der Waals surface area contributed by atoms with Crippen molar-refractivity contribution in [2.45, 2.75) is 19.4 Å². The highest BCUT2D eigenvalue weighted by atomic mass is 19.1. The van der Waals surface area contributed by atoms with E-state index in [1.54, 1.807) is 13.0 Å². The van der Waals surface area contributed by atoms with Crippen molar-refractivity contribution in [3.63, 3.8) is 0 Å². The van der Waals surface area contributed by atoms with E-state index in [0.717, 1.165) is 0 Å². The van der Waals surface area contributed by atoms with E-state index in [0.29, 0.717) is 12.2 Å². The molecular weight excluding hydrogens is 209 g/mol. The van der Waals surface area contributed by atoms with E-state index in [4.69, 9.17) is 5.73 Å².